The Bertz CT molecular complexity index is 614. The fourth-order valence-electron chi connectivity index (χ4n) is 2.11. The molecule has 0 aliphatic heterocycles. The van der Waals surface area contributed by atoms with Crippen molar-refractivity contribution < 1.29 is 4.74 Å². The van der Waals surface area contributed by atoms with Crippen LogP contribution >= 0.6 is 47.8 Å². The van der Waals surface area contributed by atoms with Crippen molar-refractivity contribution in [2.24, 2.45) is 0 Å². The first-order valence-corrected chi connectivity index (χ1v) is 8.90. The molecule has 0 saturated heterocycles. The van der Waals surface area contributed by atoms with Crippen molar-refractivity contribution in [2.45, 2.75) is 19.5 Å². The second-order valence-electron chi connectivity index (χ2n) is 4.73. The molecule has 2 nitrogen and oxygen atoms in total. The first-order chi connectivity index (χ1) is 10.0. The van der Waals surface area contributed by atoms with Crippen LogP contribution in [0.5, 0.6) is 5.75 Å². The SMILES string of the molecule is COc1c(Br)cc(Br)cc1CN[C@H](C)c1ccc(Br)cc1. The lowest BCUT2D eigenvalue weighted by Crippen LogP contribution is -2.18. The van der Waals surface area contributed by atoms with Crippen molar-refractivity contribution in [2.75, 3.05) is 7.11 Å². The van der Waals surface area contributed by atoms with Crippen molar-refractivity contribution >= 4 is 47.8 Å². The zero-order valence-corrected chi connectivity index (χ0v) is 16.5. The predicted molar refractivity (Wildman–Crippen MR) is 97.8 cm³/mol. The lowest BCUT2D eigenvalue weighted by Gasteiger charge is -2.17. The molecule has 0 aliphatic carbocycles. The highest BCUT2D eigenvalue weighted by molar-refractivity contribution is 9.11. The van der Waals surface area contributed by atoms with E-state index >= 15 is 0 Å². The van der Waals surface area contributed by atoms with Crippen LogP contribution in [0.15, 0.2) is 49.8 Å². The molecule has 0 unspecified atom stereocenters. The molecule has 1 N–H and O–H groups in total. The molecule has 0 radical (unpaired) electrons. The van der Waals surface area contributed by atoms with E-state index in [0.717, 1.165) is 31.3 Å². The van der Waals surface area contributed by atoms with Gasteiger partial charge in [-0.2, -0.15) is 0 Å². The third kappa shape index (κ3) is 4.55. The van der Waals surface area contributed by atoms with E-state index in [9.17, 15) is 0 Å². The molecule has 5 heteroatoms. The van der Waals surface area contributed by atoms with Gasteiger partial charge in [-0.05, 0) is 52.7 Å². The van der Waals surface area contributed by atoms with Crippen LogP contribution in [0.1, 0.15) is 24.1 Å². The average Bonchev–Trinajstić information content (AvgIpc) is 2.45. The van der Waals surface area contributed by atoms with Gasteiger partial charge >= 0.3 is 0 Å². The highest BCUT2D eigenvalue weighted by atomic mass is 79.9. The molecule has 0 heterocycles. The molecular formula is C16H16Br3NO. The van der Waals surface area contributed by atoms with Crippen LogP contribution in [0.25, 0.3) is 0 Å². The zero-order valence-electron chi connectivity index (χ0n) is 11.8. The van der Waals surface area contributed by atoms with Crippen LogP contribution in [0.3, 0.4) is 0 Å². The van der Waals surface area contributed by atoms with Gasteiger partial charge in [0.15, 0.2) is 0 Å². The minimum Gasteiger partial charge on any atom is -0.495 e. The lowest BCUT2D eigenvalue weighted by atomic mass is 10.1. The van der Waals surface area contributed by atoms with Crippen molar-refractivity contribution in [3.63, 3.8) is 0 Å². The van der Waals surface area contributed by atoms with Gasteiger partial charge in [-0.25, -0.2) is 0 Å². The Balaban J connectivity index is 2.10. The fraction of sp³-hybridized carbons (Fsp3) is 0.250. The average molecular weight is 478 g/mol. The van der Waals surface area contributed by atoms with E-state index in [2.05, 4.69) is 90.4 Å². The van der Waals surface area contributed by atoms with Gasteiger partial charge in [0.05, 0.1) is 11.6 Å². The standard InChI is InChI=1S/C16H16Br3NO/c1-10(11-3-5-13(17)6-4-11)20-9-12-7-14(18)8-15(19)16(12)21-2/h3-8,10,20H,9H2,1-2H3/t10-/m1/s1. The van der Waals surface area contributed by atoms with Crippen molar-refractivity contribution in [1.29, 1.82) is 0 Å². The Morgan fingerprint density at radius 2 is 1.71 bits per heavy atom. The molecule has 0 aliphatic rings. The number of hydrogen-bond acceptors (Lipinski definition) is 2. The molecule has 2 aromatic carbocycles. The van der Waals surface area contributed by atoms with Gasteiger partial charge in [0.1, 0.15) is 5.75 Å². The molecule has 0 spiro atoms. The molecule has 1 atom stereocenters. The number of methoxy groups -OCH3 is 1. The van der Waals surface area contributed by atoms with Crippen LogP contribution in [-0.4, -0.2) is 7.11 Å². The summed E-state index contributed by atoms with van der Waals surface area (Å²) in [6, 6.07) is 12.7. The number of nitrogens with one attached hydrogen (secondary N) is 1. The van der Waals surface area contributed by atoms with Crippen LogP contribution in [0.2, 0.25) is 0 Å². The molecule has 112 valence electrons. The smallest absolute Gasteiger partial charge is 0.137 e. The maximum absolute atomic E-state index is 5.47. The maximum Gasteiger partial charge on any atom is 0.137 e. The van der Waals surface area contributed by atoms with E-state index in [4.69, 9.17) is 4.74 Å². The summed E-state index contributed by atoms with van der Waals surface area (Å²) in [4.78, 5) is 0. The maximum atomic E-state index is 5.47. The predicted octanol–water partition coefficient (Wildman–Crippen LogP) is 5.83. The van der Waals surface area contributed by atoms with E-state index in [1.54, 1.807) is 7.11 Å². The van der Waals surface area contributed by atoms with Gasteiger partial charge in [-0.15, -0.1) is 0 Å². The fourth-order valence-corrected chi connectivity index (χ4v) is 3.85. The normalized spacial score (nSPS) is 12.2. The minimum absolute atomic E-state index is 0.264. The quantitative estimate of drug-likeness (QED) is 0.584. The molecule has 0 saturated carbocycles. The van der Waals surface area contributed by atoms with Gasteiger partial charge < -0.3 is 10.1 Å². The van der Waals surface area contributed by atoms with E-state index in [1.165, 1.54) is 5.56 Å². The van der Waals surface area contributed by atoms with Crippen LogP contribution < -0.4 is 10.1 Å². The molecule has 2 rings (SSSR count). The zero-order chi connectivity index (χ0) is 15.4. The first-order valence-electron chi connectivity index (χ1n) is 6.52. The van der Waals surface area contributed by atoms with Crippen molar-refractivity contribution in [3.8, 4) is 5.75 Å². The van der Waals surface area contributed by atoms with Gasteiger partial charge in [0.2, 0.25) is 0 Å². The molecule has 2 aromatic rings. The summed E-state index contributed by atoms with van der Waals surface area (Å²) in [7, 11) is 1.69. The summed E-state index contributed by atoms with van der Waals surface area (Å²) in [6.07, 6.45) is 0. The Morgan fingerprint density at radius 3 is 2.33 bits per heavy atom. The van der Waals surface area contributed by atoms with Gasteiger partial charge in [-0.1, -0.05) is 44.0 Å². The number of hydrogen-bond donors (Lipinski definition) is 1. The van der Waals surface area contributed by atoms with Crippen molar-refractivity contribution in [3.05, 3.63) is 60.9 Å². The number of halogens is 3. The third-order valence-corrected chi connectivity index (χ3v) is 4.83. The van der Waals surface area contributed by atoms with E-state index in [1.807, 2.05) is 6.07 Å². The number of ether oxygens (including phenoxy) is 1. The second-order valence-corrected chi connectivity index (χ2v) is 7.42. The molecule has 0 amide bonds. The second kappa shape index (κ2) is 7.77. The van der Waals surface area contributed by atoms with E-state index in [-0.39, 0.29) is 6.04 Å². The molecule has 21 heavy (non-hydrogen) atoms. The summed E-state index contributed by atoms with van der Waals surface area (Å²) in [5.41, 5.74) is 2.37. The van der Waals surface area contributed by atoms with E-state index in [0.29, 0.717) is 0 Å². The topological polar surface area (TPSA) is 21.3 Å². The molecule has 0 aromatic heterocycles. The summed E-state index contributed by atoms with van der Waals surface area (Å²) < 4.78 is 8.55. The Morgan fingerprint density at radius 1 is 1.05 bits per heavy atom. The third-order valence-electron chi connectivity index (χ3n) is 3.26. The number of rotatable bonds is 5. The first kappa shape index (κ1) is 17.0. The van der Waals surface area contributed by atoms with Gasteiger partial charge in [0, 0.05) is 27.1 Å². The summed E-state index contributed by atoms with van der Waals surface area (Å²) >= 11 is 10.5. The van der Waals surface area contributed by atoms with E-state index < -0.39 is 0 Å². The van der Waals surface area contributed by atoms with Crippen LogP contribution in [-0.2, 0) is 6.54 Å². The van der Waals surface area contributed by atoms with Crippen LogP contribution in [0.4, 0.5) is 0 Å². The minimum atomic E-state index is 0.264. The Kier molecular flexibility index (Phi) is 6.29. The van der Waals surface area contributed by atoms with Gasteiger partial charge in [-0.3, -0.25) is 0 Å². The van der Waals surface area contributed by atoms with Crippen LogP contribution in [0, 0.1) is 0 Å². The summed E-state index contributed by atoms with van der Waals surface area (Å²) in [5.74, 6) is 0.869. The highest BCUT2D eigenvalue weighted by Gasteiger charge is 2.11. The Hall–Kier alpha value is -0.360. The number of benzene rings is 2. The van der Waals surface area contributed by atoms with Gasteiger partial charge in [0.25, 0.3) is 0 Å². The highest BCUT2D eigenvalue weighted by Crippen LogP contribution is 2.33. The monoisotopic (exact) mass is 475 g/mol. The largest absolute Gasteiger partial charge is 0.495 e. The Labute approximate surface area is 150 Å². The summed E-state index contributed by atoms with van der Waals surface area (Å²) in [6.45, 7) is 2.89. The lowest BCUT2D eigenvalue weighted by molar-refractivity contribution is 0.403. The van der Waals surface area contributed by atoms with Crippen molar-refractivity contribution in [1.82, 2.24) is 5.32 Å². The molecule has 0 fully saturated rings. The molecular weight excluding hydrogens is 462 g/mol. The molecule has 0 bridgehead atoms. The summed E-state index contributed by atoms with van der Waals surface area (Å²) in [5, 5.41) is 3.53.